The van der Waals surface area contributed by atoms with Gasteiger partial charge < -0.3 is 4.42 Å². The second kappa shape index (κ2) is 5.71. The fourth-order valence-electron chi connectivity index (χ4n) is 1.93. The highest BCUT2D eigenvalue weighted by molar-refractivity contribution is 5.75. The Bertz CT molecular complexity index is 627. The maximum Gasteiger partial charge on any atom is 0.419 e. The Morgan fingerprint density at radius 1 is 1.37 bits per heavy atom. The van der Waals surface area contributed by atoms with E-state index in [2.05, 4.69) is 5.43 Å². The normalized spacial score (nSPS) is 11.1. The number of benzene rings is 1. The quantitative estimate of drug-likeness (QED) is 0.816. The van der Waals surface area contributed by atoms with Crippen molar-refractivity contribution in [2.24, 2.45) is 0 Å². The minimum atomic E-state index is -0.380. The average Bonchev–Trinajstić information content (AvgIpc) is 2.65. The molecule has 6 heteroatoms. The number of carbonyl (C=O) groups excluding carboxylic acids is 1. The van der Waals surface area contributed by atoms with Gasteiger partial charge >= 0.3 is 5.76 Å². The van der Waals surface area contributed by atoms with Crippen LogP contribution in [0, 0.1) is 0 Å². The number of para-hydroxylation sites is 2. The van der Waals surface area contributed by atoms with Crippen molar-refractivity contribution in [3.8, 4) is 0 Å². The summed E-state index contributed by atoms with van der Waals surface area (Å²) in [6.07, 6.45) is 0.952. The van der Waals surface area contributed by atoms with Crippen LogP contribution in [0.2, 0.25) is 0 Å². The molecule has 0 radical (unpaired) electrons. The van der Waals surface area contributed by atoms with Crippen LogP contribution in [0.1, 0.15) is 12.8 Å². The van der Waals surface area contributed by atoms with Crippen molar-refractivity contribution in [2.75, 3.05) is 14.1 Å². The van der Waals surface area contributed by atoms with Gasteiger partial charge in [0.15, 0.2) is 5.58 Å². The summed E-state index contributed by atoms with van der Waals surface area (Å²) in [7, 11) is 3.51. The van der Waals surface area contributed by atoms with Crippen molar-refractivity contribution in [3.63, 3.8) is 0 Å². The van der Waals surface area contributed by atoms with Gasteiger partial charge in [-0.05, 0) is 18.6 Å². The minimum Gasteiger partial charge on any atom is -0.408 e. The highest BCUT2D eigenvalue weighted by Gasteiger charge is 2.09. The summed E-state index contributed by atoms with van der Waals surface area (Å²) < 4.78 is 6.67. The van der Waals surface area contributed by atoms with Crippen LogP contribution in [0.5, 0.6) is 0 Å². The van der Waals surface area contributed by atoms with E-state index < -0.39 is 0 Å². The lowest BCUT2D eigenvalue weighted by Crippen LogP contribution is -2.36. The van der Waals surface area contributed by atoms with E-state index in [4.69, 9.17) is 4.42 Å². The molecule has 0 fully saturated rings. The van der Waals surface area contributed by atoms with Crippen molar-refractivity contribution in [1.82, 2.24) is 15.0 Å². The summed E-state index contributed by atoms with van der Waals surface area (Å²) in [4.78, 5) is 23.1. The molecule has 0 atom stereocenters. The maximum absolute atomic E-state index is 11.7. The molecule has 1 heterocycles. The first-order chi connectivity index (χ1) is 9.08. The molecule has 2 rings (SSSR count). The van der Waals surface area contributed by atoms with Crippen molar-refractivity contribution in [3.05, 3.63) is 34.8 Å². The SMILES string of the molecule is CN(C)NC(=O)CCCn1c(=O)oc2ccccc21. The lowest BCUT2D eigenvalue weighted by Gasteiger charge is -2.11. The van der Waals surface area contributed by atoms with Gasteiger partial charge in [0, 0.05) is 27.1 Å². The molecular formula is C13H17N3O3. The fraction of sp³-hybridized carbons (Fsp3) is 0.385. The summed E-state index contributed by atoms with van der Waals surface area (Å²) in [5, 5.41) is 1.60. The Labute approximate surface area is 110 Å². The lowest BCUT2D eigenvalue weighted by atomic mass is 10.3. The van der Waals surface area contributed by atoms with Crippen molar-refractivity contribution in [1.29, 1.82) is 0 Å². The van der Waals surface area contributed by atoms with Gasteiger partial charge in [0.2, 0.25) is 5.91 Å². The van der Waals surface area contributed by atoms with E-state index in [1.165, 1.54) is 0 Å². The van der Waals surface area contributed by atoms with Crippen LogP contribution in [-0.2, 0) is 11.3 Å². The Morgan fingerprint density at radius 3 is 2.84 bits per heavy atom. The van der Waals surface area contributed by atoms with Crippen molar-refractivity contribution in [2.45, 2.75) is 19.4 Å². The zero-order chi connectivity index (χ0) is 13.8. The third-order valence-electron chi connectivity index (χ3n) is 2.71. The van der Waals surface area contributed by atoms with Gasteiger partial charge in [-0.15, -0.1) is 0 Å². The molecule has 2 aromatic rings. The predicted molar refractivity (Wildman–Crippen MR) is 71.5 cm³/mol. The zero-order valence-electron chi connectivity index (χ0n) is 11.0. The van der Waals surface area contributed by atoms with E-state index in [9.17, 15) is 9.59 Å². The van der Waals surface area contributed by atoms with Crippen LogP contribution in [0.3, 0.4) is 0 Å². The molecular weight excluding hydrogens is 246 g/mol. The average molecular weight is 263 g/mol. The third-order valence-corrected chi connectivity index (χ3v) is 2.71. The second-order valence-corrected chi connectivity index (χ2v) is 4.52. The molecule has 102 valence electrons. The summed E-state index contributed by atoms with van der Waals surface area (Å²) in [5.74, 6) is -0.444. The maximum atomic E-state index is 11.7. The van der Waals surface area contributed by atoms with Crippen LogP contribution in [0.4, 0.5) is 0 Å². The smallest absolute Gasteiger partial charge is 0.408 e. The van der Waals surface area contributed by atoms with Crippen molar-refractivity contribution >= 4 is 17.0 Å². The summed E-state index contributed by atoms with van der Waals surface area (Å²) >= 11 is 0. The number of rotatable bonds is 5. The predicted octanol–water partition coefficient (Wildman–Crippen LogP) is 0.967. The molecule has 0 spiro atoms. The first kappa shape index (κ1) is 13.4. The first-order valence-corrected chi connectivity index (χ1v) is 6.13. The number of nitrogens with zero attached hydrogens (tertiary/aromatic N) is 2. The van der Waals surface area contributed by atoms with Gasteiger partial charge in [0.05, 0.1) is 5.52 Å². The van der Waals surface area contributed by atoms with Crippen LogP contribution in [0.15, 0.2) is 33.5 Å². The Balaban J connectivity index is 2.00. The highest BCUT2D eigenvalue weighted by Crippen LogP contribution is 2.12. The third kappa shape index (κ3) is 3.23. The number of nitrogens with one attached hydrogen (secondary N) is 1. The molecule has 1 aromatic heterocycles. The monoisotopic (exact) mass is 263 g/mol. The number of fused-ring (bicyclic) bond motifs is 1. The molecule has 19 heavy (non-hydrogen) atoms. The van der Waals surface area contributed by atoms with E-state index >= 15 is 0 Å². The van der Waals surface area contributed by atoms with E-state index in [1.54, 1.807) is 29.7 Å². The largest absolute Gasteiger partial charge is 0.419 e. The van der Waals surface area contributed by atoms with Gasteiger partial charge in [0.1, 0.15) is 0 Å². The molecule has 0 aliphatic carbocycles. The van der Waals surface area contributed by atoms with Crippen LogP contribution < -0.4 is 11.2 Å². The van der Waals surface area contributed by atoms with E-state index in [0.29, 0.717) is 25.0 Å². The number of amides is 1. The van der Waals surface area contributed by atoms with Crippen LogP contribution >= 0.6 is 0 Å². The molecule has 0 unspecified atom stereocenters. The number of aryl methyl sites for hydroxylation is 1. The van der Waals surface area contributed by atoms with E-state index in [0.717, 1.165) is 5.52 Å². The summed E-state index contributed by atoms with van der Waals surface area (Å²) in [5.41, 5.74) is 4.00. The Morgan fingerprint density at radius 2 is 2.11 bits per heavy atom. The van der Waals surface area contributed by atoms with Gasteiger partial charge in [-0.25, -0.2) is 9.80 Å². The molecule has 0 saturated carbocycles. The lowest BCUT2D eigenvalue weighted by molar-refractivity contribution is -0.124. The topological polar surface area (TPSA) is 67.5 Å². The molecule has 6 nitrogen and oxygen atoms in total. The van der Waals surface area contributed by atoms with Crippen LogP contribution in [-0.4, -0.2) is 29.6 Å². The number of hydrazine groups is 1. The molecule has 1 N–H and O–H groups in total. The molecule has 0 saturated heterocycles. The Kier molecular flexibility index (Phi) is 4.01. The minimum absolute atomic E-state index is 0.0640. The van der Waals surface area contributed by atoms with Crippen LogP contribution in [0.25, 0.3) is 11.1 Å². The number of hydrogen-bond donors (Lipinski definition) is 1. The number of carbonyl (C=O) groups is 1. The molecule has 0 bridgehead atoms. The summed E-state index contributed by atoms with van der Waals surface area (Å²) in [6, 6.07) is 7.26. The zero-order valence-corrected chi connectivity index (χ0v) is 11.0. The Hall–Kier alpha value is -2.08. The van der Waals surface area contributed by atoms with Gasteiger partial charge in [0.25, 0.3) is 0 Å². The first-order valence-electron chi connectivity index (χ1n) is 6.13. The van der Waals surface area contributed by atoms with Gasteiger partial charge in [-0.2, -0.15) is 0 Å². The number of aromatic nitrogens is 1. The molecule has 1 amide bonds. The molecule has 1 aromatic carbocycles. The summed E-state index contributed by atoms with van der Waals surface area (Å²) in [6.45, 7) is 0.469. The van der Waals surface area contributed by atoms with E-state index in [-0.39, 0.29) is 11.7 Å². The van der Waals surface area contributed by atoms with E-state index in [1.807, 2.05) is 18.2 Å². The number of oxazole rings is 1. The molecule has 0 aliphatic heterocycles. The molecule has 0 aliphatic rings. The van der Waals surface area contributed by atoms with Gasteiger partial charge in [-0.1, -0.05) is 12.1 Å². The standard InChI is InChI=1S/C13H17N3O3/c1-15(2)14-12(17)8-5-9-16-10-6-3-4-7-11(10)19-13(16)18/h3-4,6-7H,5,8-9H2,1-2H3,(H,14,17). The number of hydrogen-bond acceptors (Lipinski definition) is 4. The van der Waals surface area contributed by atoms with Gasteiger partial charge in [-0.3, -0.25) is 14.8 Å². The highest BCUT2D eigenvalue weighted by atomic mass is 16.4. The van der Waals surface area contributed by atoms with Crippen molar-refractivity contribution < 1.29 is 9.21 Å². The fourth-order valence-corrected chi connectivity index (χ4v) is 1.93. The second-order valence-electron chi connectivity index (χ2n) is 4.52.